The van der Waals surface area contributed by atoms with Gasteiger partial charge in [-0.25, -0.2) is 0 Å². The van der Waals surface area contributed by atoms with Crippen molar-refractivity contribution in [1.82, 2.24) is 4.90 Å². The Morgan fingerprint density at radius 2 is 1.89 bits per heavy atom. The quantitative estimate of drug-likeness (QED) is 0.767. The Bertz CT molecular complexity index is 241. The van der Waals surface area contributed by atoms with E-state index in [0.717, 1.165) is 25.4 Å². The Hall–Kier alpha value is -0.120. The van der Waals surface area contributed by atoms with Crippen LogP contribution in [0.2, 0.25) is 0 Å². The predicted molar refractivity (Wildman–Crippen MR) is 77.6 cm³/mol. The van der Waals surface area contributed by atoms with Crippen LogP contribution in [0.4, 0.5) is 0 Å². The minimum absolute atomic E-state index is 0.355. The molecule has 0 bridgehead atoms. The fourth-order valence-corrected chi connectivity index (χ4v) is 2.82. The van der Waals surface area contributed by atoms with Crippen LogP contribution in [-0.2, 0) is 0 Å². The van der Waals surface area contributed by atoms with Gasteiger partial charge in [0.1, 0.15) is 0 Å². The second-order valence-electron chi connectivity index (χ2n) is 7.18. The molecule has 3 heteroatoms. The minimum Gasteiger partial charge on any atom is -0.389 e. The van der Waals surface area contributed by atoms with E-state index in [-0.39, 0.29) is 0 Å². The van der Waals surface area contributed by atoms with E-state index in [9.17, 15) is 5.11 Å². The van der Waals surface area contributed by atoms with Crippen molar-refractivity contribution in [3.8, 4) is 0 Å². The minimum atomic E-state index is -0.685. The fraction of sp³-hybridized carbons (Fsp3) is 1.00. The van der Waals surface area contributed by atoms with E-state index >= 15 is 0 Å². The summed E-state index contributed by atoms with van der Waals surface area (Å²) in [5.41, 5.74) is 5.39. The van der Waals surface area contributed by atoms with Crippen molar-refractivity contribution in [2.45, 2.75) is 70.9 Å². The summed E-state index contributed by atoms with van der Waals surface area (Å²) in [6.07, 6.45) is 7.13. The maximum atomic E-state index is 9.87. The molecule has 1 atom stereocenters. The summed E-state index contributed by atoms with van der Waals surface area (Å²) < 4.78 is 0. The molecule has 0 heterocycles. The van der Waals surface area contributed by atoms with Gasteiger partial charge in [0.25, 0.3) is 0 Å². The molecule has 1 fully saturated rings. The first-order valence-electron chi connectivity index (χ1n) is 7.38. The van der Waals surface area contributed by atoms with Gasteiger partial charge < -0.3 is 15.7 Å². The molecule has 0 aromatic rings. The Balaban J connectivity index is 2.24. The lowest BCUT2D eigenvalue weighted by molar-refractivity contribution is 0.0512. The van der Waals surface area contributed by atoms with E-state index in [0.29, 0.717) is 12.0 Å². The van der Waals surface area contributed by atoms with Gasteiger partial charge in [0.05, 0.1) is 5.60 Å². The third-order valence-electron chi connectivity index (χ3n) is 4.60. The molecule has 0 radical (unpaired) electrons. The molecule has 0 saturated heterocycles. The maximum absolute atomic E-state index is 9.87. The highest BCUT2D eigenvalue weighted by molar-refractivity contribution is 4.83. The van der Waals surface area contributed by atoms with E-state index in [2.05, 4.69) is 25.8 Å². The van der Waals surface area contributed by atoms with Crippen molar-refractivity contribution in [2.24, 2.45) is 11.1 Å². The van der Waals surface area contributed by atoms with Crippen LogP contribution in [-0.4, -0.2) is 41.8 Å². The molecule has 18 heavy (non-hydrogen) atoms. The molecule has 1 aliphatic rings. The van der Waals surface area contributed by atoms with E-state index in [1.165, 1.54) is 25.7 Å². The zero-order valence-electron chi connectivity index (χ0n) is 12.7. The van der Waals surface area contributed by atoms with Gasteiger partial charge in [0.2, 0.25) is 0 Å². The number of aliphatic hydroxyl groups is 1. The summed E-state index contributed by atoms with van der Waals surface area (Å²) in [6, 6.07) is 0.737. The fourth-order valence-electron chi connectivity index (χ4n) is 2.82. The normalized spacial score (nSPS) is 24.2. The van der Waals surface area contributed by atoms with Gasteiger partial charge in [-0.15, -0.1) is 0 Å². The Morgan fingerprint density at radius 3 is 2.39 bits per heavy atom. The van der Waals surface area contributed by atoms with Crippen LogP contribution in [0.5, 0.6) is 0 Å². The van der Waals surface area contributed by atoms with E-state index < -0.39 is 5.60 Å². The predicted octanol–water partition coefficient (Wildman–Crippen LogP) is 2.38. The lowest BCUT2D eigenvalue weighted by Gasteiger charge is -2.38. The summed E-state index contributed by atoms with van der Waals surface area (Å²) in [7, 11) is 2.22. The first-order valence-corrected chi connectivity index (χ1v) is 7.38. The van der Waals surface area contributed by atoms with E-state index in [1.54, 1.807) is 0 Å². The monoisotopic (exact) mass is 256 g/mol. The molecule has 3 N–H and O–H groups in total. The number of hydrogen-bond acceptors (Lipinski definition) is 3. The summed E-state index contributed by atoms with van der Waals surface area (Å²) >= 11 is 0. The summed E-state index contributed by atoms with van der Waals surface area (Å²) in [6.45, 7) is 8.01. The van der Waals surface area contributed by atoms with Crippen LogP contribution < -0.4 is 5.73 Å². The van der Waals surface area contributed by atoms with Crippen LogP contribution in [0, 0.1) is 5.41 Å². The van der Waals surface area contributed by atoms with Crippen LogP contribution in [0.15, 0.2) is 0 Å². The molecule has 0 amide bonds. The molecule has 0 aliphatic heterocycles. The average Bonchev–Trinajstić information content (AvgIpc) is 2.28. The smallest absolute Gasteiger partial charge is 0.0741 e. The third-order valence-corrected chi connectivity index (χ3v) is 4.60. The molecule has 1 rings (SSSR count). The number of hydrogen-bond donors (Lipinski definition) is 2. The van der Waals surface area contributed by atoms with Crippen LogP contribution >= 0.6 is 0 Å². The standard InChI is InChI=1S/C15H32N2O/c1-14(2)9-6-13(7-10-14)17(4)11-5-8-15(3,18)12-16/h13,18H,5-12,16H2,1-4H3. The highest BCUT2D eigenvalue weighted by atomic mass is 16.3. The summed E-state index contributed by atoms with van der Waals surface area (Å²) in [4.78, 5) is 2.47. The zero-order valence-corrected chi connectivity index (χ0v) is 12.7. The van der Waals surface area contributed by atoms with Crippen molar-refractivity contribution < 1.29 is 5.11 Å². The van der Waals surface area contributed by atoms with Gasteiger partial charge in [-0.2, -0.15) is 0 Å². The maximum Gasteiger partial charge on any atom is 0.0741 e. The largest absolute Gasteiger partial charge is 0.389 e. The highest BCUT2D eigenvalue weighted by Crippen LogP contribution is 2.36. The molecule has 0 aromatic heterocycles. The Labute approximate surface area is 113 Å². The Morgan fingerprint density at radius 1 is 1.33 bits per heavy atom. The van der Waals surface area contributed by atoms with Gasteiger partial charge in [0, 0.05) is 12.6 Å². The van der Waals surface area contributed by atoms with E-state index in [4.69, 9.17) is 5.73 Å². The molecule has 1 aliphatic carbocycles. The lowest BCUT2D eigenvalue weighted by atomic mass is 9.75. The first-order chi connectivity index (χ1) is 8.26. The highest BCUT2D eigenvalue weighted by Gasteiger charge is 2.28. The first kappa shape index (κ1) is 15.9. The van der Waals surface area contributed by atoms with Crippen LogP contribution in [0.3, 0.4) is 0 Å². The molecule has 3 nitrogen and oxygen atoms in total. The molecular formula is C15H32N2O. The molecule has 1 unspecified atom stereocenters. The van der Waals surface area contributed by atoms with Gasteiger partial charge in [-0.3, -0.25) is 0 Å². The molecule has 108 valence electrons. The van der Waals surface area contributed by atoms with Crippen molar-refractivity contribution in [1.29, 1.82) is 0 Å². The van der Waals surface area contributed by atoms with Crippen LogP contribution in [0.25, 0.3) is 0 Å². The van der Waals surface area contributed by atoms with Gasteiger partial charge in [-0.1, -0.05) is 13.8 Å². The van der Waals surface area contributed by atoms with Crippen molar-refractivity contribution in [3.63, 3.8) is 0 Å². The van der Waals surface area contributed by atoms with Crippen LogP contribution in [0.1, 0.15) is 59.3 Å². The Kier molecular flexibility index (Phi) is 5.63. The molecular weight excluding hydrogens is 224 g/mol. The molecule has 0 spiro atoms. The molecule has 1 saturated carbocycles. The molecule has 0 aromatic carbocycles. The average molecular weight is 256 g/mol. The zero-order chi connectivity index (χ0) is 13.8. The van der Waals surface area contributed by atoms with Crippen molar-refractivity contribution in [3.05, 3.63) is 0 Å². The summed E-state index contributed by atoms with van der Waals surface area (Å²) in [5, 5.41) is 9.87. The lowest BCUT2D eigenvalue weighted by Crippen LogP contribution is -2.39. The topological polar surface area (TPSA) is 49.5 Å². The second-order valence-corrected chi connectivity index (χ2v) is 7.18. The van der Waals surface area contributed by atoms with Crippen molar-refractivity contribution >= 4 is 0 Å². The number of nitrogens with two attached hydrogens (primary N) is 1. The van der Waals surface area contributed by atoms with Gasteiger partial charge in [0.15, 0.2) is 0 Å². The van der Waals surface area contributed by atoms with Crippen molar-refractivity contribution in [2.75, 3.05) is 20.1 Å². The number of nitrogens with zero attached hydrogens (tertiary/aromatic N) is 1. The second kappa shape index (κ2) is 6.36. The van der Waals surface area contributed by atoms with Gasteiger partial charge in [-0.05, 0) is 64.5 Å². The van der Waals surface area contributed by atoms with E-state index in [1.807, 2.05) is 6.92 Å². The summed E-state index contributed by atoms with van der Waals surface area (Å²) in [5.74, 6) is 0. The SMILES string of the molecule is CN(CCCC(C)(O)CN)C1CCC(C)(C)CC1. The number of rotatable bonds is 6. The third kappa shape index (κ3) is 5.25. The van der Waals surface area contributed by atoms with Gasteiger partial charge >= 0.3 is 0 Å².